The van der Waals surface area contributed by atoms with Gasteiger partial charge < -0.3 is 5.32 Å². The Morgan fingerprint density at radius 1 is 0.926 bits per heavy atom. The van der Waals surface area contributed by atoms with Crippen LogP contribution in [-0.2, 0) is 27.8 Å². The molecule has 2 aromatic carbocycles. The number of nitrogens with one attached hydrogen (secondary N) is 1. The number of amides is 1. The van der Waals surface area contributed by atoms with Crippen molar-refractivity contribution in [1.82, 2.24) is 9.62 Å². The first-order chi connectivity index (χ1) is 13.1. The number of hydrogen-bond acceptors (Lipinski definition) is 3. The molecular weight excluding hydrogens is 360 g/mol. The van der Waals surface area contributed by atoms with Crippen molar-refractivity contribution in [2.24, 2.45) is 0 Å². The van der Waals surface area contributed by atoms with Crippen molar-refractivity contribution in [3.8, 4) is 0 Å². The summed E-state index contributed by atoms with van der Waals surface area (Å²) in [6.45, 7) is 0.218. The number of hydrogen-bond donors (Lipinski definition) is 1. The maximum absolute atomic E-state index is 13.3. The number of nitrogens with zero attached hydrogens (tertiary/aromatic N) is 1. The molecule has 0 spiro atoms. The van der Waals surface area contributed by atoms with Crippen LogP contribution in [0.5, 0.6) is 0 Å². The van der Waals surface area contributed by atoms with Crippen LogP contribution in [0.3, 0.4) is 0 Å². The third-order valence-corrected chi connectivity index (χ3v) is 7.43. The Morgan fingerprint density at radius 2 is 1.56 bits per heavy atom. The smallest absolute Gasteiger partial charge is 0.244 e. The Morgan fingerprint density at radius 3 is 2.26 bits per heavy atom. The maximum Gasteiger partial charge on any atom is 0.244 e. The molecule has 0 bridgehead atoms. The third-order valence-electron chi connectivity index (χ3n) is 5.56. The van der Waals surface area contributed by atoms with Gasteiger partial charge >= 0.3 is 0 Å². The molecule has 6 heteroatoms. The third kappa shape index (κ3) is 3.64. The van der Waals surface area contributed by atoms with Crippen LogP contribution in [0.2, 0.25) is 0 Å². The summed E-state index contributed by atoms with van der Waals surface area (Å²) >= 11 is 0. The fraction of sp³-hybridized carbons (Fsp3) is 0.381. The van der Waals surface area contributed by atoms with E-state index in [9.17, 15) is 13.2 Å². The minimum Gasteiger partial charge on any atom is -0.352 e. The summed E-state index contributed by atoms with van der Waals surface area (Å²) < 4.78 is 28.0. The zero-order valence-corrected chi connectivity index (χ0v) is 16.0. The normalized spacial score (nSPS) is 21.0. The number of carbonyl (C=O) groups is 1. The van der Waals surface area contributed by atoms with Gasteiger partial charge in [-0.05, 0) is 42.5 Å². The monoisotopic (exact) mass is 384 g/mol. The molecule has 4 rings (SSSR count). The van der Waals surface area contributed by atoms with E-state index in [1.165, 1.54) is 4.31 Å². The van der Waals surface area contributed by atoms with Gasteiger partial charge in [-0.2, -0.15) is 4.31 Å². The van der Waals surface area contributed by atoms with Gasteiger partial charge in [-0.25, -0.2) is 8.42 Å². The summed E-state index contributed by atoms with van der Waals surface area (Å²) in [4.78, 5) is 13.3. The Kier molecular flexibility index (Phi) is 5.02. The molecule has 0 saturated heterocycles. The lowest BCUT2D eigenvalue weighted by molar-refractivity contribution is -0.125. The molecule has 1 atom stereocenters. The lowest BCUT2D eigenvalue weighted by Gasteiger charge is -2.35. The van der Waals surface area contributed by atoms with Gasteiger partial charge in [0, 0.05) is 12.6 Å². The number of sulfonamides is 1. The van der Waals surface area contributed by atoms with Gasteiger partial charge in [0.05, 0.1) is 4.90 Å². The lowest BCUT2D eigenvalue weighted by atomic mass is 9.95. The predicted molar refractivity (Wildman–Crippen MR) is 104 cm³/mol. The van der Waals surface area contributed by atoms with Gasteiger partial charge in [0.2, 0.25) is 15.9 Å². The zero-order chi connectivity index (χ0) is 18.9. The summed E-state index contributed by atoms with van der Waals surface area (Å²) in [6.07, 6.45) is 4.58. The maximum atomic E-state index is 13.3. The average molecular weight is 385 g/mol. The highest BCUT2D eigenvalue weighted by Gasteiger charge is 2.40. The standard InChI is InChI=1S/C21H24N2O3S/c24-21(22-18-10-6-7-11-18)20-14-16-8-4-5-9-17(16)15-23(20)27(25,26)19-12-2-1-3-13-19/h1-5,8-9,12-13,18,20H,6-7,10-11,14-15H2,(H,22,24)/t20-/m0/s1. The van der Waals surface area contributed by atoms with Crippen molar-refractivity contribution in [3.05, 3.63) is 65.7 Å². The molecule has 0 aromatic heterocycles. The largest absolute Gasteiger partial charge is 0.352 e. The van der Waals surface area contributed by atoms with Gasteiger partial charge in [0.25, 0.3) is 0 Å². The first-order valence-corrected chi connectivity index (χ1v) is 10.9. The van der Waals surface area contributed by atoms with Crippen LogP contribution in [0.15, 0.2) is 59.5 Å². The second-order valence-electron chi connectivity index (χ2n) is 7.34. The molecule has 1 heterocycles. The molecule has 1 amide bonds. The minimum atomic E-state index is -3.76. The average Bonchev–Trinajstić information content (AvgIpc) is 3.20. The van der Waals surface area contributed by atoms with Crippen molar-refractivity contribution in [2.45, 2.75) is 55.6 Å². The van der Waals surface area contributed by atoms with Crippen LogP contribution in [0, 0.1) is 0 Å². The summed E-state index contributed by atoms with van der Waals surface area (Å²) in [5.41, 5.74) is 2.01. The zero-order valence-electron chi connectivity index (χ0n) is 15.2. The summed E-state index contributed by atoms with van der Waals surface area (Å²) in [5.74, 6) is -0.184. The van der Waals surface area contributed by atoms with Crippen LogP contribution >= 0.6 is 0 Å². The molecule has 2 aromatic rings. The van der Waals surface area contributed by atoms with Crippen LogP contribution in [0.25, 0.3) is 0 Å². The van der Waals surface area contributed by atoms with Crippen LogP contribution in [0.4, 0.5) is 0 Å². The van der Waals surface area contributed by atoms with Crippen molar-refractivity contribution < 1.29 is 13.2 Å². The van der Waals surface area contributed by atoms with Gasteiger partial charge in [0.1, 0.15) is 6.04 Å². The second kappa shape index (κ2) is 7.44. The van der Waals surface area contributed by atoms with Gasteiger partial charge in [-0.15, -0.1) is 0 Å². The first-order valence-electron chi connectivity index (χ1n) is 9.50. The molecule has 1 fully saturated rings. The van der Waals surface area contributed by atoms with Crippen molar-refractivity contribution in [1.29, 1.82) is 0 Å². The van der Waals surface area contributed by atoms with Gasteiger partial charge in [-0.3, -0.25) is 4.79 Å². The highest BCUT2D eigenvalue weighted by Crippen LogP contribution is 2.29. The minimum absolute atomic E-state index is 0.163. The van der Waals surface area contributed by atoms with E-state index in [0.29, 0.717) is 6.42 Å². The van der Waals surface area contributed by atoms with E-state index in [4.69, 9.17) is 0 Å². The Balaban J connectivity index is 1.68. The summed E-state index contributed by atoms with van der Waals surface area (Å²) in [7, 11) is -3.76. The van der Waals surface area contributed by atoms with E-state index >= 15 is 0 Å². The topological polar surface area (TPSA) is 66.5 Å². The molecule has 142 valence electrons. The first kappa shape index (κ1) is 18.2. The lowest BCUT2D eigenvalue weighted by Crippen LogP contribution is -2.53. The number of carbonyl (C=O) groups excluding carboxylic acids is 1. The van der Waals surface area contributed by atoms with E-state index in [0.717, 1.165) is 36.8 Å². The van der Waals surface area contributed by atoms with Crippen LogP contribution < -0.4 is 5.32 Å². The predicted octanol–water partition coefficient (Wildman–Crippen LogP) is 2.86. The Hall–Kier alpha value is -2.18. The molecule has 1 N–H and O–H groups in total. The molecule has 1 saturated carbocycles. The number of rotatable bonds is 4. The SMILES string of the molecule is O=C(NC1CCCC1)[C@@H]1Cc2ccccc2CN1S(=O)(=O)c1ccccc1. The molecule has 2 aliphatic rings. The molecule has 1 aliphatic heterocycles. The van der Waals surface area contributed by atoms with Crippen molar-refractivity contribution in [2.75, 3.05) is 0 Å². The Labute approximate surface area is 160 Å². The quantitative estimate of drug-likeness (QED) is 0.881. The summed E-state index contributed by atoms with van der Waals surface area (Å²) in [6, 6.07) is 15.6. The second-order valence-corrected chi connectivity index (χ2v) is 9.23. The fourth-order valence-electron chi connectivity index (χ4n) is 4.07. The van der Waals surface area contributed by atoms with Crippen molar-refractivity contribution >= 4 is 15.9 Å². The van der Waals surface area contributed by atoms with Crippen LogP contribution in [0.1, 0.15) is 36.8 Å². The Bertz CT molecular complexity index is 921. The number of fused-ring (bicyclic) bond motifs is 1. The van der Waals surface area contributed by atoms with Gasteiger partial charge in [0.15, 0.2) is 0 Å². The highest BCUT2D eigenvalue weighted by molar-refractivity contribution is 7.89. The van der Waals surface area contributed by atoms with Gasteiger partial charge in [-0.1, -0.05) is 55.3 Å². The van der Waals surface area contributed by atoms with E-state index < -0.39 is 16.1 Å². The van der Waals surface area contributed by atoms with E-state index in [1.54, 1.807) is 30.3 Å². The molecule has 5 nitrogen and oxygen atoms in total. The molecule has 0 unspecified atom stereocenters. The van der Waals surface area contributed by atoms with E-state index in [1.807, 2.05) is 24.3 Å². The van der Waals surface area contributed by atoms with Crippen LogP contribution in [-0.4, -0.2) is 30.7 Å². The number of benzene rings is 2. The molecule has 1 aliphatic carbocycles. The molecular formula is C21H24N2O3S. The molecule has 0 radical (unpaired) electrons. The van der Waals surface area contributed by atoms with E-state index in [-0.39, 0.29) is 23.4 Å². The summed E-state index contributed by atoms with van der Waals surface area (Å²) in [5, 5.41) is 3.09. The fourth-order valence-corrected chi connectivity index (χ4v) is 5.66. The molecule has 27 heavy (non-hydrogen) atoms. The van der Waals surface area contributed by atoms with E-state index in [2.05, 4.69) is 5.32 Å². The van der Waals surface area contributed by atoms with Crippen molar-refractivity contribution in [3.63, 3.8) is 0 Å². The highest BCUT2D eigenvalue weighted by atomic mass is 32.2.